The number of aryl methyl sites for hydroxylation is 1. The lowest BCUT2D eigenvalue weighted by molar-refractivity contribution is -0.885. The Morgan fingerprint density at radius 2 is 1.79 bits per heavy atom. The molecule has 2 N–H and O–H groups in total. The van der Waals surface area contributed by atoms with Gasteiger partial charge in [-0.05, 0) is 57.2 Å². The third kappa shape index (κ3) is 6.39. The Morgan fingerprint density at radius 3 is 2.39 bits per heavy atom. The van der Waals surface area contributed by atoms with E-state index in [1.807, 2.05) is 26.1 Å². The number of hydrogen-bond donors (Lipinski definition) is 2. The van der Waals surface area contributed by atoms with Crippen LogP contribution < -0.4 is 15.0 Å². The first-order chi connectivity index (χ1) is 13.3. The van der Waals surface area contributed by atoms with Gasteiger partial charge in [0.15, 0.2) is 6.54 Å². The highest BCUT2D eigenvalue weighted by atomic mass is 16.5. The number of esters is 1. The van der Waals surface area contributed by atoms with Crippen LogP contribution in [0.1, 0.15) is 35.3 Å². The van der Waals surface area contributed by atoms with Crippen molar-refractivity contribution in [1.29, 1.82) is 0 Å². The molecule has 0 heterocycles. The number of anilines is 1. The Hall–Kier alpha value is -2.86. The summed E-state index contributed by atoms with van der Waals surface area (Å²) >= 11 is 0. The normalized spacial score (nSPS) is 11.8. The second-order valence-corrected chi connectivity index (χ2v) is 7.21. The molecule has 0 aliphatic rings. The summed E-state index contributed by atoms with van der Waals surface area (Å²) in [4.78, 5) is 25.2. The van der Waals surface area contributed by atoms with E-state index in [1.165, 1.54) is 0 Å². The van der Waals surface area contributed by atoms with Crippen LogP contribution in [-0.4, -0.2) is 38.7 Å². The fourth-order valence-corrected chi connectivity index (χ4v) is 2.88. The zero-order chi connectivity index (χ0) is 20.7. The number of methoxy groups -OCH3 is 1. The van der Waals surface area contributed by atoms with Gasteiger partial charge in [0.2, 0.25) is 0 Å². The lowest BCUT2D eigenvalue weighted by atomic mass is 10.1. The third-order valence-corrected chi connectivity index (χ3v) is 4.14. The van der Waals surface area contributed by atoms with Crippen LogP contribution in [0.25, 0.3) is 0 Å². The molecule has 2 aromatic rings. The van der Waals surface area contributed by atoms with Gasteiger partial charge in [-0.1, -0.05) is 11.6 Å². The van der Waals surface area contributed by atoms with Crippen LogP contribution in [0, 0.1) is 6.92 Å². The number of carbonyl (C=O) groups is 2. The fourth-order valence-electron chi connectivity index (χ4n) is 2.88. The van der Waals surface area contributed by atoms with E-state index in [1.54, 1.807) is 45.2 Å². The van der Waals surface area contributed by atoms with Crippen molar-refractivity contribution < 1.29 is 24.0 Å². The van der Waals surface area contributed by atoms with Crippen LogP contribution in [0.2, 0.25) is 0 Å². The largest absolute Gasteiger partial charge is 0.496 e. The maximum absolute atomic E-state index is 12.3. The second-order valence-electron chi connectivity index (χ2n) is 7.21. The van der Waals surface area contributed by atoms with Crippen molar-refractivity contribution >= 4 is 17.6 Å². The van der Waals surface area contributed by atoms with Gasteiger partial charge in [0.05, 0.1) is 25.8 Å². The van der Waals surface area contributed by atoms with E-state index in [0.717, 1.165) is 21.8 Å². The van der Waals surface area contributed by atoms with Crippen LogP contribution in [0.3, 0.4) is 0 Å². The Balaban J connectivity index is 1.91. The molecule has 0 radical (unpaired) electrons. The summed E-state index contributed by atoms with van der Waals surface area (Å²) in [6.45, 7) is 6.63. The summed E-state index contributed by atoms with van der Waals surface area (Å²) in [5, 5.41) is 2.86. The molecule has 28 heavy (non-hydrogen) atoms. The standard InChI is InChI=1S/C22H28N2O4/c1-15(2)28-22(26)17-7-9-19(10-8-17)23-21(25)14-24(4)13-18-12-16(3)6-11-20(18)27-5/h6-12,15H,13-14H2,1-5H3,(H,23,25)/p+1. The van der Waals surface area contributed by atoms with Gasteiger partial charge in [-0.3, -0.25) is 4.79 Å². The first kappa shape index (κ1) is 21.4. The van der Waals surface area contributed by atoms with Crippen molar-refractivity contribution in [2.24, 2.45) is 0 Å². The molecule has 6 nitrogen and oxygen atoms in total. The summed E-state index contributed by atoms with van der Waals surface area (Å²) in [5.74, 6) is 0.361. The molecule has 0 aliphatic heterocycles. The van der Waals surface area contributed by atoms with Crippen LogP contribution >= 0.6 is 0 Å². The van der Waals surface area contributed by atoms with Crippen molar-refractivity contribution in [3.8, 4) is 5.75 Å². The van der Waals surface area contributed by atoms with E-state index in [4.69, 9.17) is 9.47 Å². The first-order valence-electron chi connectivity index (χ1n) is 9.34. The summed E-state index contributed by atoms with van der Waals surface area (Å²) in [6, 6.07) is 12.7. The summed E-state index contributed by atoms with van der Waals surface area (Å²) < 4.78 is 10.6. The molecular formula is C22H29N2O4+. The number of amides is 1. The number of hydrogen-bond acceptors (Lipinski definition) is 4. The quantitative estimate of drug-likeness (QED) is 0.684. The highest BCUT2D eigenvalue weighted by molar-refractivity contribution is 5.93. The number of ether oxygens (including phenoxy) is 2. The van der Waals surface area contributed by atoms with Crippen molar-refractivity contribution in [2.45, 2.75) is 33.4 Å². The fraction of sp³-hybridized carbons (Fsp3) is 0.364. The minimum atomic E-state index is -0.371. The van der Waals surface area contributed by atoms with E-state index < -0.39 is 0 Å². The predicted molar refractivity (Wildman–Crippen MR) is 109 cm³/mol. The average molecular weight is 385 g/mol. The molecule has 1 unspecified atom stereocenters. The van der Waals surface area contributed by atoms with Gasteiger partial charge < -0.3 is 19.7 Å². The number of likely N-dealkylation sites (N-methyl/N-ethyl adjacent to an activating group) is 1. The molecule has 0 spiro atoms. The molecule has 0 fully saturated rings. The smallest absolute Gasteiger partial charge is 0.338 e. The molecule has 0 aliphatic carbocycles. The number of carbonyl (C=O) groups excluding carboxylic acids is 2. The monoisotopic (exact) mass is 385 g/mol. The lowest BCUT2D eigenvalue weighted by Gasteiger charge is -2.16. The first-order valence-corrected chi connectivity index (χ1v) is 9.34. The van der Waals surface area contributed by atoms with E-state index >= 15 is 0 Å². The Labute approximate surface area is 166 Å². The van der Waals surface area contributed by atoms with E-state index in [0.29, 0.717) is 24.3 Å². The maximum atomic E-state index is 12.3. The van der Waals surface area contributed by atoms with Crippen LogP contribution in [0.5, 0.6) is 5.75 Å². The zero-order valence-electron chi connectivity index (χ0n) is 17.2. The Bertz CT molecular complexity index is 816. The van der Waals surface area contributed by atoms with Gasteiger partial charge in [0, 0.05) is 11.3 Å². The SMILES string of the molecule is COc1ccc(C)cc1C[NH+](C)CC(=O)Nc1ccc(C(=O)OC(C)C)cc1. The molecule has 6 heteroatoms. The van der Waals surface area contributed by atoms with Crippen molar-refractivity contribution in [1.82, 2.24) is 0 Å². The molecule has 2 aromatic carbocycles. The summed E-state index contributed by atoms with van der Waals surface area (Å²) in [6.07, 6.45) is -0.169. The zero-order valence-corrected chi connectivity index (χ0v) is 17.2. The molecule has 150 valence electrons. The highest BCUT2D eigenvalue weighted by Crippen LogP contribution is 2.18. The molecule has 0 saturated carbocycles. The number of quaternary nitrogens is 1. The van der Waals surface area contributed by atoms with E-state index in [9.17, 15) is 9.59 Å². The van der Waals surface area contributed by atoms with Crippen LogP contribution in [-0.2, 0) is 16.1 Å². The number of nitrogens with one attached hydrogen (secondary N) is 2. The topological polar surface area (TPSA) is 69.1 Å². The highest BCUT2D eigenvalue weighted by Gasteiger charge is 2.14. The third-order valence-electron chi connectivity index (χ3n) is 4.14. The summed E-state index contributed by atoms with van der Waals surface area (Å²) in [7, 11) is 3.61. The van der Waals surface area contributed by atoms with Gasteiger partial charge in [0.25, 0.3) is 5.91 Å². The van der Waals surface area contributed by atoms with Crippen molar-refractivity contribution in [3.05, 3.63) is 59.2 Å². The van der Waals surface area contributed by atoms with Crippen molar-refractivity contribution in [3.63, 3.8) is 0 Å². The van der Waals surface area contributed by atoms with Gasteiger partial charge in [0.1, 0.15) is 12.3 Å². The van der Waals surface area contributed by atoms with Gasteiger partial charge in [-0.15, -0.1) is 0 Å². The number of rotatable bonds is 8. The van der Waals surface area contributed by atoms with Gasteiger partial charge in [-0.25, -0.2) is 4.79 Å². The minimum Gasteiger partial charge on any atom is -0.496 e. The minimum absolute atomic E-state index is 0.0957. The second kappa shape index (κ2) is 9.90. The van der Waals surface area contributed by atoms with E-state index in [2.05, 4.69) is 11.4 Å². The van der Waals surface area contributed by atoms with Gasteiger partial charge >= 0.3 is 5.97 Å². The average Bonchev–Trinajstić information content (AvgIpc) is 2.61. The van der Waals surface area contributed by atoms with Crippen LogP contribution in [0.15, 0.2) is 42.5 Å². The Kier molecular flexibility index (Phi) is 7.58. The Morgan fingerprint density at radius 1 is 1.11 bits per heavy atom. The molecule has 1 amide bonds. The molecular weight excluding hydrogens is 356 g/mol. The maximum Gasteiger partial charge on any atom is 0.338 e. The lowest BCUT2D eigenvalue weighted by Crippen LogP contribution is -3.08. The van der Waals surface area contributed by atoms with Crippen molar-refractivity contribution in [2.75, 3.05) is 26.0 Å². The van der Waals surface area contributed by atoms with Crippen LogP contribution in [0.4, 0.5) is 5.69 Å². The molecule has 0 saturated heterocycles. The summed E-state index contributed by atoms with van der Waals surface area (Å²) in [5.41, 5.74) is 3.33. The van der Waals surface area contributed by atoms with Gasteiger partial charge in [-0.2, -0.15) is 0 Å². The van der Waals surface area contributed by atoms with E-state index in [-0.39, 0.29) is 18.0 Å². The predicted octanol–water partition coefficient (Wildman–Crippen LogP) is 2.22. The molecule has 0 bridgehead atoms. The molecule has 0 aromatic heterocycles. The molecule has 1 atom stereocenters. The number of benzene rings is 2. The molecule has 2 rings (SSSR count).